The molecule has 11 heteroatoms. The van der Waals surface area contributed by atoms with Crippen LogP contribution in [0.2, 0.25) is 0 Å². The molecular weight excluding hydrogens is 320 g/mol. The number of aromatic nitrogens is 4. The Morgan fingerprint density at radius 3 is 2.43 bits per heavy atom. The van der Waals surface area contributed by atoms with Crippen LogP contribution in [0.15, 0.2) is 11.2 Å². The van der Waals surface area contributed by atoms with Crippen molar-refractivity contribution >= 4 is 12.1 Å². The van der Waals surface area contributed by atoms with Crippen LogP contribution in [-0.4, -0.2) is 31.7 Å². The van der Waals surface area contributed by atoms with Crippen molar-refractivity contribution in [3.8, 4) is 0 Å². The molecule has 0 atom stereocenters. The third-order valence-corrected chi connectivity index (χ3v) is 2.96. The molecule has 1 amide bonds. The van der Waals surface area contributed by atoms with Crippen LogP contribution in [0.1, 0.15) is 27.4 Å². The molecule has 0 aliphatic rings. The van der Waals surface area contributed by atoms with E-state index in [1.165, 1.54) is 7.05 Å². The van der Waals surface area contributed by atoms with E-state index in [-0.39, 0.29) is 5.56 Å². The van der Waals surface area contributed by atoms with Crippen LogP contribution in [0.4, 0.5) is 17.6 Å². The molecule has 0 fully saturated rings. The van der Waals surface area contributed by atoms with Crippen LogP contribution in [-0.2, 0) is 20.3 Å². The van der Waals surface area contributed by atoms with Gasteiger partial charge in [0.25, 0.3) is 5.91 Å². The second-order valence-corrected chi connectivity index (χ2v) is 4.65. The Bertz CT molecular complexity index is 773. The smallest absolute Gasteiger partial charge is 0.265 e. The van der Waals surface area contributed by atoms with Crippen molar-refractivity contribution in [3.63, 3.8) is 0 Å². The zero-order chi connectivity index (χ0) is 17.4. The standard InChI is InChI=1S/C12H12F4N6O/c1-6-7(10(13)22(3)19-6)5-17-18-11(23)8-4-9(12(14,15)16)21(2)20-8/h4-5H,1-3H3,(H,18,23)/b17-5+. The summed E-state index contributed by atoms with van der Waals surface area (Å²) in [5.74, 6) is -1.60. The Kier molecular flexibility index (Phi) is 4.21. The number of nitrogens with zero attached hydrogens (tertiary/aromatic N) is 5. The highest BCUT2D eigenvalue weighted by molar-refractivity contribution is 5.93. The number of halogens is 4. The molecule has 1 N–H and O–H groups in total. The lowest BCUT2D eigenvalue weighted by Crippen LogP contribution is -2.18. The molecule has 0 unspecified atom stereocenters. The predicted octanol–water partition coefficient (Wildman–Crippen LogP) is 1.38. The van der Waals surface area contributed by atoms with E-state index < -0.39 is 29.4 Å². The number of amides is 1. The Morgan fingerprint density at radius 2 is 1.96 bits per heavy atom. The van der Waals surface area contributed by atoms with Crippen LogP contribution in [0.3, 0.4) is 0 Å². The Hall–Kier alpha value is -2.72. The van der Waals surface area contributed by atoms with Crippen molar-refractivity contribution in [2.75, 3.05) is 0 Å². The molecule has 0 saturated heterocycles. The van der Waals surface area contributed by atoms with Crippen LogP contribution in [0, 0.1) is 12.9 Å². The maximum absolute atomic E-state index is 13.6. The van der Waals surface area contributed by atoms with E-state index in [0.29, 0.717) is 16.4 Å². The average Bonchev–Trinajstić information content (AvgIpc) is 2.93. The van der Waals surface area contributed by atoms with E-state index in [1.807, 2.05) is 5.43 Å². The molecule has 124 valence electrons. The van der Waals surface area contributed by atoms with Crippen LogP contribution < -0.4 is 5.43 Å². The summed E-state index contributed by atoms with van der Waals surface area (Å²) in [6.45, 7) is 1.54. The van der Waals surface area contributed by atoms with E-state index >= 15 is 0 Å². The molecule has 0 bridgehead atoms. The second kappa shape index (κ2) is 5.82. The summed E-state index contributed by atoms with van der Waals surface area (Å²) in [5.41, 5.74) is 0.867. The summed E-state index contributed by atoms with van der Waals surface area (Å²) in [6.07, 6.45) is -3.61. The third-order valence-electron chi connectivity index (χ3n) is 2.96. The first-order valence-electron chi connectivity index (χ1n) is 6.25. The molecule has 2 aromatic heterocycles. The Morgan fingerprint density at radius 1 is 1.30 bits per heavy atom. The van der Waals surface area contributed by atoms with Crippen LogP contribution in [0.25, 0.3) is 0 Å². The highest BCUT2D eigenvalue weighted by atomic mass is 19.4. The number of hydrogen-bond donors (Lipinski definition) is 1. The van der Waals surface area contributed by atoms with Gasteiger partial charge in [-0.3, -0.25) is 9.48 Å². The minimum atomic E-state index is -4.63. The summed E-state index contributed by atoms with van der Waals surface area (Å²) in [7, 11) is 2.46. The number of hydrogen-bond acceptors (Lipinski definition) is 4. The highest BCUT2D eigenvalue weighted by Crippen LogP contribution is 2.29. The van der Waals surface area contributed by atoms with Crippen molar-refractivity contribution in [2.24, 2.45) is 19.2 Å². The molecule has 0 aromatic carbocycles. The topological polar surface area (TPSA) is 77.1 Å². The molecule has 0 spiro atoms. The van der Waals surface area contributed by atoms with Crippen LogP contribution >= 0.6 is 0 Å². The number of carbonyl (C=O) groups excluding carboxylic acids is 1. The average molecular weight is 332 g/mol. The Balaban J connectivity index is 2.13. The fourth-order valence-corrected chi connectivity index (χ4v) is 1.85. The van der Waals surface area contributed by atoms with Gasteiger partial charge < -0.3 is 0 Å². The molecule has 2 rings (SSSR count). The maximum atomic E-state index is 13.6. The maximum Gasteiger partial charge on any atom is 0.433 e. The number of alkyl halides is 3. The summed E-state index contributed by atoms with van der Waals surface area (Å²) >= 11 is 0. The summed E-state index contributed by atoms with van der Waals surface area (Å²) in [4.78, 5) is 11.7. The Labute approximate surface area is 127 Å². The van der Waals surface area contributed by atoms with Crippen molar-refractivity contribution in [2.45, 2.75) is 13.1 Å². The predicted molar refractivity (Wildman–Crippen MR) is 71.2 cm³/mol. The van der Waals surface area contributed by atoms with E-state index in [9.17, 15) is 22.4 Å². The normalized spacial score (nSPS) is 12.1. The largest absolute Gasteiger partial charge is 0.433 e. The van der Waals surface area contributed by atoms with Gasteiger partial charge in [-0.2, -0.15) is 32.9 Å². The van der Waals surface area contributed by atoms with E-state index in [2.05, 4.69) is 15.3 Å². The van der Waals surface area contributed by atoms with E-state index in [4.69, 9.17) is 0 Å². The number of rotatable bonds is 3. The van der Waals surface area contributed by atoms with Crippen molar-refractivity contribution in [3.05, 3.63) is 34.7 Å². The highest BCUT2D eigenvalue weighted by Gasteiger charge is 2.35. The molecule has 0 aliphatic heterocycles. The number of hydrazone groups is 1. The van der Waals surface area contributed by atoms with Gasteiger partial charge in [0.2, 0.25) is 5.95 Å². The lowest BCUT2D eigenvalue weighted by molar-refractivity contribution is -0.143. The molecule has 0 radical (unpaired) electrons. The zero-order valence-electron chi connectivity index (χ0n) is 12.3. The first-order valence-corrected chi connectivity index (χ1v) is 6.25. The molecule has 23 heavy (non-hydrogen) atoms. The van der Waals surface area contributed by atoms with Gasteiger partial charge in [-0.1, -0.05) is 0 Å². The minimum Gasteiger partial charge on any atom is -0.265 e. The van der Waals surface area contributed by atoms with Gasteiger partial charge in [-0.25, -0.2) is 10.1 Å². The van der Waals surface area contributed by atoms with Gasteiger partial charge in [-0.05, 0) is 6.92 Å². The molecular formula is C12H12F4N6O. The molecule has 0 aliphatic carbocycles. The second-order valence-electron chi connectivity index (χ2n) is 4.65. The molecule has 0 saturated carbocycles. The molecule has 2 aromatic rings. The van der Waals surface area contributed by atoms with Crippen molar-refractivity contribution in [1.82, 2.24) is 25.0 Å². The van der Waals surface area contributed by atoms with Crippen LogP contribution in [0.5, 0.6) is 0 Å². The van der Waals surface area contributed by atoms with Gasteiger partial charge in [0, 0.05) is 20.2 Å². The summed E-state index contributed by atoms with van der Waals surface area (Å²) < 4.78 is 53.0. The van der Waals surface area contributed by atoms with Gasteiger partial charge in [-0.15, -0.1) is 0 Å². The van der Waals surface area contributed by atoms with E-state index in [1.54, 1.807) is 6.92 Å². The molecule has 2 heterocycles. The van der Waals surface area contributed by atoms with E-state index in [0.717, 1.165) is 17.9 Å². The zero-order valence-corrected chi connectivity index (χ0v) is 12.3. The fourth-order valence-electron chi connectivity index (χ4n) is 1.85. The first kappa shape index (κ1) is 16.6. The lowest BCUT2D eigenvalue weighted by atomic mass is 10.3. The van der Waals surface area contributed by atoms with Gasteiger partial charge in [0.05, 0.1) is 17.5 Å². The van der Waals surface area contributed by atoms with Gasteiger partial charge >= 0.3 is 6.18 Å². The number of carbonyl (C=O) groups is 1. The van der Waals surface area contributed by atoms with Crippen molar-refractivity contribution in [1.29, 1.82) is 0 Å². The van der Waals surface area contributed by atoms with Gasteiger partial charge in [0.15, 0.2) is 5.69 Å². The first-order chi connectivity index (χ1) is 10.6. The SMILES string of the molecule is Cc1nn(C)c(F)c1/C=N/NC(=O)c1cc(C(F)(F)F)n(C)n1. The quantitative estimate of drug-likeness (QED) is 0.524. The van der Waals surface area contributed by atoms with Gasteiger partial charge in [0.1, 0.15) is 5.69 Å². The number of nitrogens with one attached hydrogen (secondary N) is 1. The monoisotopic (exact) mass is 332 g/mol. The third kappa shape index (κ3) is 3.38. The molecule has 7 nitrogen and oxygen atoms in total. The summed E-state index contributed by atoms with van der Waals surface area (Å²) in [5, 5.41) is 10.8. The fraction of sp³-hybridized carbons (Fsp3) is 0.333. The minimum absolute atomic E-state index is 0.0600. The number of aryl methyl sites for hydroxylation is 3. The summed E-state index contributed by atoms with van der Waals surface area (Å²) in [6, 6.07) is 0.598. The lowest BCUT2D eigenvalue weighted by Gasteiger charge is -2.04. The van der Waals surface area contributed by atoms with Crippen molar-refractivity contribution < 1.29 is 22.4 Å².